The highest BCUT2D eigenvalue weighted by atomic mass is 32.2. The topological polar surface area (TPSA) is 54.4 Å². The largest absolute Gasteiger partial charge is 0.391 e. The molecule has 0 bridgehead atoms. The molecule has 0 saturated heterocycles. The highest BCUT2D eigenvalue weighted by molar-refractivity contribution is 7.85. The number of pyridine rings is 1. The van der Waals surface area contributed by atoms with Crippen molar-refractivity contribution in [3.8, 4) is 0 Å². The number of rotatable bonds is 6. The van der Waals surface area contributed by atoms with Crippen LogP contribution >= 0.6 is 0 Å². The van der Waals surface area contributed by atoms with Crippen molar-refractivity contribution in [2.24, 2.45) is 4.99 Å². The summed E-state index contributed by atoms with van der Waals surface area (Å²) in [6.45, 7) is 0.642. The Kier molecular flexibility index (Phi) is 5.12. The van der Waals surface area contributed by atoms with Gasteiger partial charge in [-0.15, -0.1) is 11.8 Å². The number of aromatic nitrogens is 1. The fourth-order valence-corrected chi connectivity index (χ4v) is 3.62. The maximum atomic E-state index is 12.4. The number of carbonyl (C=O) groups excluding carboxylic acids is 1. The smallest absolute Gasteiger partial charge is 0.193 e. The summed E-state index contributed by atoms with van der Waals surface area (Å²) in [6, 6.07) is 20.8. The molecule has 3 aromatic rings. The number of anilines is 1. The molecule has 0 radical (unpaired) electrons. The minimum absolute atomic E-state index is 0.0326. The third kappa shape index (κ3) is 4.15. The van der Waals surface area contributed by atoms with Gasteiger partial charge in [0.05, 0.1) is 0 Å². The molecule has 0 saturated carbocycles. The van der Waals surface area contributed by atoms with Crippen LogP contribution in [0.5, 0.6) is 0 Å². The first-order valence-electron chi connectivity index (χ1n) is 8.62. The molecule has 2 heterocycles. The van der Waals surface area contributed by atoms with Crippen LogP contribution in [0.1, 0.15) is 21.5 Å². The van der Waals surface area contributed by atoms with Crippen molar-refractivity contribution in [3.63, 3.8) is 0 Å². The molecule has 0 amide bonds. The Morgan fingerprint density at radius 3 is 2.52 bits per heavy atom. The molecule has 1 aliphatic rings. The number of thiol groups is 1. The van der Waals surface area contributed by atoms with E-state index in [2.05, 4.69) is 21.0 Å². The SMILES string of the molecule is O=C(c1ccccc1)c1ccc(NCC2=N[C-](c3cccnc3)[SH+][CH-]2)cc1. The van der Waals surface area contributed by atoms with Crippen LogP contribution in [0.3, 0.4) is 0 Å². The molecule has 4 nitrogen and oxygen atoms in total. The van der Waals surface area contributed by atoms with Gasteiger partial charge in [0.25, 0.3) is 0 Å². The number of carbonyl (C=O) groups is 1. The van der Waals surface area contributed by atoms with Crippen LogP contribution in [-0.4, -0.2) is 23.0 Å². The molecule has 0 spiro atoms. The van der Waals surface area contributed by atoms with E-state index in [9.17, 15) is 4.79 Å². The van der Waals surface area contributed by atoms with Gasteiger partial charge in [-0.3, -0.25) is 4.79 Å². The summed E-state index contributed by atoms with van der Waals surface area (Å²) in [5.41, 5.74) is 4.39. The Morgan fingerprint density at radius 2 is 1.78 bits per heavy atom. The predicted octanol–water partition coefficient (Wildman–Crippen LogP) is 3.69. The number of aliphatic imine (C=N–C) groups is 1. The van der Waals surface area contributed by atoms with Crippen molar-refractivity contribution < 1.29 is 4.79 Å². The lowest BCUT2D eigenvalue weighted by molar-refractivity contribution is 0.103. The summed E-state index contributed by atoms with van der Waals surface area (Å²) in [5, 5.41) is 4.38. The molecule has 1 aromatic heterocycles. The normalized spacial score (nSPS) is 13.0. The Hall–Kier alpha value is -3.18. The first-order valence-corrected chi connectivity index (χ1v) is 9.59. The first-order chi connectivity index (χ1) is 13.3. The second kappa shape index (κ2) is 8.01. The number of hydrogen-bond acceptors (Lipinski definition) is 4. The predicted molar refractivity (Wildman–Crippen MR) is 112 cm³/mol. The number of benzene rings is 2. The molecular formula is C22H18N3OS-. The Bertz CT molecular complexity index is 940. The molecule has 0 unspecified atom stereocenters. The van der Waals surface area contributed by atoms with Crippen molar-refractivity contribution in [3.05, 3.63) is 107 Å². The average molecular weight is 372 g/mol. The number of ketones is 1. The lowest BCUT2D eigenvalue weighted by Gasteiger charge is -2.11. The van der Waals surface area contributed by atoms with Crippen LogP contribution < -0.4 is 5.32 Å². The quantitative estimate of drug-likeness (QED) is 0.311. The van der Waals surface area contributed by atoms with E-state index in [1.54, 1.807) is 6.20 Å². The molecule has 27 heavy (non-hydrogen) atoms. The van der Waals surface area contributed by atoms with Gasteiger partial charge >= 0.3 is 0 Å². The van der Waals surface area contributed by atoms with E-state index in [-0.39, 0.29) is 5.78 Å². The number of hydrogen-bond donors (Lipinski definition) is 1. The van der Waals surface area contributed by atoms with Gasteiger partial charge in [0, 0.05) is 23.0 Å². The Morgan fingerprint density at radius 1 is 1.00 bits per heavy atom. The van der Waals surface area contributed by atoms with Crippen molar-refractivity contribution in [2.45, 2.75) is 0 Å². The molecular weight excluding hydrogens is 354 g/mol. The van der Waals surface area contributed by atoms with E-state index in [0.29, 0.717) is 17.7 Å². The Balaban J connectivity index is 1.36. The zero-order chi connectivity index (χ0) is 18.5. The van der Waals surface area contributed by atoms with E-state index in [0.717, 1.165) is 34.1 Å². The van der Waals surface area contributed by atoms with Crippen LogP contribution in [0.15, 0.2) is 84.1 Å². The van der Waals surface area contributed by atoms with Crippen LogP contribution in [0.2, 0.25) is 0 Å². The average Bonchev–Trinajstić information content (AvgIpc) is 3.22. The van der Waals surface area contributed by atoms with Crippen LogP contribution in [0.25, 0.3) is 0 Å². The van der Waals surface area contributed by atoms with Crippen molar-refractivity contribution in [1.82, 2.24) is 4.98 Å². The van der Waals surface area contributed by atoms with Crippen LogP contribution in [-0.2, 0) is 11.8 Å². The van der Waals surface area contributed by atoms with E-state index < -0.39 is 0 Å². The first kappa shape index (κ1) is 17.2. The van der Waals surface area contributed by atoms with Gasteiger partial charge in [0.2, 0.25) is 0 Å². The second-order valence-electron chi connectivity index (χ2n) is 6.05. The lowest BCUT2D eigenvalue weighted by atomic mass is 10.0. The van der Waals surface area contributed by atoms with Gasteiger partial charge in [-0.2, -0.15) is 17.5 Å². The fraction of sp³-hybridized carbons (Fsp3) is 0.0455. The summed E-state index contributed by atoms with van der Waals surface area (Å²) in [6.07, 6.45) is 3.59. The van der Waals surface area contributed by atoms with Gasteiger partial charge in [0.15, 0.2) is 5.78 Å². The van der Waals surface area contributed by atoms with Gasteiger partial charge in [-0.05, 0) is 37.0 Å². The maximum absolute atomic E-state index is 12.4. The van der Waals surface area contributed by atoms with Gasteiger partial charge in [-0.1, -0.05) is 42.0 Å². The fourth-order valence-electron chi connectivity index (χ4n) is 2.74. The summed E-state index contributed by atoms with van der Waals surface area (Å²) < 4.78 is 0. The van der Waals surface area contributed by atoms with E-state index >= 15 is 0 Å². The summed E-state index contributed by atoms with van der Waals surface area (Å²) in [5.74, 6) is 2.13. The standard InChI is InChI=1S/C22H18N3OS/c26-21(16-5-2-1-3-6-16)17-8-10-19(11-9-17)24-14-20-15-27-22(25-20)18-7-4-12-23-13-18/h1-13,15,24,27H,14H2/q-1. The molecule has 0 aliphatic carbocycles. The number of nitrogens with zero attached hydrogens (tertiary/aromatic N) is 2. The molecule has 1 aliphatic heterocycles. The number of nitrogens with one attached hydrogen (secondary N) is 1. The van der Waals surface area contributed by atoms with Crippen molar-refractivity contribution >= 4 is 28.9 Å². The minimum atomic E-state index is 0.0326. The van der Waals surface area contributed by atoms with Gasteiger partial charge in [-0.25, -0.2) is 0 Å². The van der Waals surface area contributed by atoms with E-state index in [4.69, 9.17) is 0 Å². The zero-order valence-corrected chi connectivity index (χ0v) is 15.4. The monoisotopic (exact) mass is 372 g/mol. The summed E-state index contributed by atoms with van der Waals surface area (Å²) in [4.78, 5) is 21.3. The Labute approximate surface area is 162 Å². The zero-order valence-electron chi connectivity index (χ0n) is 14.5. The summed E-state index contributed by atoms with van der Waals surface area (Å²) >= 11 is 1.09. The highest BCUT2D eigenvalue weighted by Gasteiger charge is 2.13. The van der Waals surface area contributed by atoms with Crippen molar-refractivity contribution in [2.75, 3.05) is 11.9 Å². The van der Waals surface area contributed by atoms with Crippen LogP contribution in [0, 0.1) is 11.1 Å². The molecule has 134 valence electrons. The third-order valence-electron chi connectivity index (χ3n) is 4.16. The molecule has 5 heteroatoms. The van der Waals surface area contributed by atoms with E-state index in [1.807, 2.05) is 72.9 Å². The molecule has 1 N–H and O–H groups in total. The van der Waals surface area contributed by atoms with Crippen LogP contribution in [0.4, 0.5) is 5.69 Å². The molecule has 0 atom stereocenters. The second-order valence-corrected chi connectivity index (χ2v) is 6.99. The molecule has 0 fully saturated rings. The molecule has 2 aromatic carbocycles. The third-order valence-corrected chi connectivity index (χ3v) is 5.19. The minimum Gasteiger partial charge on any atom is -0.391 e. The lowest BCUT2D eigenvalue weighted by Crippen LogP contribution is -2.12. The highest BCUT2D eigenvalue weighted by Crippen LogP contribution is 2.24. The van der Waals surface area contributed by atoms with Gasteiger partial charge in [0.1, 0.15) is 5.37 Å². The molecule has 4 rings (SSSR count). The van der Waals surface area contributed by atoms with Crippen molar-refractivity contribution in [1.29, 1.82) is 0 Å². The van der Waals surface area contributed by atoms with E-state index in [1.165, 1.54) is 0 Å². The maximum Gasteiger partial charge on any atom is 0.193 e. The summed E-state index contributed by atoms with van der Waals surface area (Å²) in [7, 11) is 0. The van der Waals surface area contributed by atoms with Gasteiger partial charge < -0.3 is 15.3 Å².